The van der Waals surface area contributed by atoms with Crippen molar-refractivity contribution in [1.29, 1.82) is 0 Å². The van der Waals surface area contributed by atoms with Crippen LogP contribution in [0.5, 0.6) is 0 Å². The van der Waals surface area contributed by atoms with Crippen LogP contribution in [0.25, 0.3) is 0 Å². The van der Waals surface area contributed by atoms with Crippen LogP contribution in [0.15, 0.2) is 23.5 Å². The first-order chi connectivity index (χ1) is 6.56. The summed E-state index contributed by atoms with van der Waals surface area (Å²) in [6.07, 6.45) is 0. The molecule has 0 spiro atoms. The lowest BCUT2D eigenvalue weighted by Crippen LogP contribution is -2.07. The second-order valence-corrected chi connectivity index (χ2v) is 2.91. The molecule has 1 aromatic rings. The monoisotopic (exact) mass is 215 g/mol. The van der Waals surface area contributed by atoms with Crippen molar-refractivity contribution in [1.82, 2.24) is 0 Å². The first-order valence-electron chi connectivity index (χ1n) is 3.57. The van der Waals surface area contributed by atoms with Crippen LogP contribution >= 0.6 is 11.6 Å². The molecule has 0 aliphatic heterocycles. The number of non-ortho nitro benzene ring substituents is 1. The summed E-state index contributed by atoms with van der Waals surface area (Å²) in [6.45, 7) is 0. The molecule has 0 bridgehead atoms. The third kappa shape index (κ3) is 1.97. The third-order valence-corrected chi connectivity index (χ3v) is 1.92. The Morgan fingerprint density at radius 3 is 2.64 bits per heavy atom. The number of rotatable bonds is 3. The minimum Gasteiger partial charge on any atom is -0.258 e. The van der Waals surface area contributed by atoms with Crippen molar-refractivity contribution in [2.75, 3.05) is 12.1 Å². The summed E-state index contributed by atoms with van der Waals surface area (Å²) >= 11 is 5.70. The van der Waals surface area contributed by atoms with Gasteiger partial charge in [-0.15, -0.1) is 4.91 Å². The Balaban J connectivity index is 3.13. The molecular weight excluding hydrogens is 210 g/mol. The van der Waals surface area contributed by atoms with Gasteiger partial charge in [0.1, 0.15) is 0 Å². The highest BCUT2D eigenvalue weighted by molar-refractivity contribution is 6.33. The molecule has 0 saturated carbocycles. The van der Waals surface area contributed by atoms with E-state index >= 15 is 0 Å². The fourth-order valence-corrected chi connectivity index (χ4v) is 1.21. The van der Waals surface area contributed by atoms with Crippen LogP contribution in [0.4, 0.5) is 11.4 Å². The van der Waals surface area contributed by atoms with Gasteiger partial charge < -0.3 is 0 Å². The van der Waals surface area contributed by atoms with Crippen molar-refractivity contribution in [3.8, 4) is 0 Å². The van der Waals surface area contributed by atoms with Crippen LogP contribution in [-0.2, 0) is 0 Å². The summed E-state index contributed by atoms with van der Waals surface area (Å²) in [5.74, 6) is 0. The minimum absolute atomic E-state index is 0.112. The van der Waals surface area contributed by atoms with Crippen molar-refractivity contribution < 1.29 is 4.92 Å². The first kappa shape index (κ1) is 10.4. The average Bonchev–Trinajstić information content (AvgIpc) is 2.16. The molecule has 0 heterocycles. The summed E-state index contributed by atoms with van der Waals surface area (Å²) in [6, 6.07) is 3.78. The predicted octanol–water partition coefficient (Wildman–Crippen LogP) is 2.37. The quantitative estimate of drug-likeness (QED) is 0.441. The number of anilines is 1. The largest absolute Gasteiger partial charge is 0.271 e. The predicted molar refractivity (Wildman–Crippen MR) is 52.3 cm³/mol. The number of halogens is 1. The van der Waals surface area contributed by atoms with Crippen LogP contribution in [0.3, 0.4) is 0 Å². The maximum Gasteiger partial charge on any atom is 0.271 e. The Bertz CT molecular complexity index is 382. The lowest BCUT2D eigenvalue weighted by Gasteiger charge is -2.09. The van der Waals surface area contributed by atoms with E-state index in [4.69, 9.17) is 11.6 Å². The lowest BCUT2D eigenvalue weighted by atomic mass is 10.3. The Labute approximate surface area is 84.2 Å². The molecule has 0 unspecified atom stereocenters. The van der Waals surface area contributed by atoms with Crippen LogP contribution in [0, 0.1) is 15.0 Å². The highest BCUT2D eigenvalue weighted by Crippen LogP contribution is 2.28. The zero-order chi connectivity index (χ0) is 10.7. The molecule has 0 fully saturated rings. The van der Waals surface area contributed by atoms with Crippen molar-refractivity contribution in [3.63, 3.8) is 0 Å². The number of hydrogen-bond donors (Lipinski definition) is 0. The second kappa shape index (κ2) is 4.01. The molecule has 0 aromatic heterocycles. The number of nitroso groups, excluding NO2 is 1. The van der Waals surface area contributed by atoms with Crippen molar-refractivity contribution in [2.45, 2.75) is 0 Å². The second-order valence-electron chi connectivity index (χ2n) is 2.50. The van der Waals surface area contributed by atoms with Crippen LogP contribution in [-0.4, -0.2) is 12.0 Å². The molecular formula is C7H6ClN3O3. The van der Waals surface area contributed by atoms with Gasteiger partial charge in [0, 0.05) is 19.2 Å². The summed E-state index contributed by atoms with van der Waals surface area (Å²) in [4.78, 5) is 19.9. The molecule has 0 saturated heterocycles. The number of benzene rings is 1. The fraction of sp³-hybridized carbons (Fsp3) is 0.143. The van der Waals surface area contributed by atoms with E-state index < -0.39 is 4.92 Å². The number of nitrogens with zero attached hydrogens (tertiary/aromatic N) is 3. The molecule has 0 radical (unpaired) electrons. The Kier molecular flexibility index (Phi) is 2.98. The van der Waals surface area contributed by atoms with E-state index in [1.807, 2.05) is 0 Å². The van der Waals surface area contributed by atoms with Gasteiger partial charge in [-0.2, -0.15) is 0 Å². The van der Waals surface area contributed by atoms with Crippen molar-refractivity contribution >= 4 is 23.0 Å². The van der Waals surface area contributed by atoms with E-state index in [0.717, 1.165) is 5.01 Å². The van der Waals surface area contributed by atoms with Gasteiger partial charge in [0.2, 0.25) is 0 Å². The third-order valence-electron chi connectivity index (χ3n) is 1.61. The lowest BCUT2D eigenvalue weighted by molar-refractivity contribution is -0.384. The molecule has 7 heteroatoms. The molecule has 1 aromatic carbocycles. The van der Waals surface area contributed by atoms with Gasteiger partial charge in [0.25, 0.3) is 5.69 Å². The van der Waals surface area contributed by atoms with Gasteiger partial charge in [-0.3, -0.25) is 10.1 Å². The zero-order valence-electron chi connectivity index (χ0n) is 7.18. The van der Waals surface area contributed by atoms with Gasteiger partial charge in [-0.25, -0.2) is 5.01 Å². The molecule has 74 valence electrons. The number of nitro benzene ring substituents is 1. The highest BCUT2D eigenvalue weighted by Gasteiger charge is 2.11. The first-order valence-corrected chi connectivity index (χ1v) is 3.95. The topological polar surface area (TPSA) is 75.8 Å². The van der Waals surface area contributed by atoms with Crippen molar-refractivity contribution in [3.05, 3.63) is 38.2 Å². The molecule has 0 aliphatic carbocycles. The van der Waals surface area contributed by atoms with Crippen LogP contribution < -0.4 is 5.01 Å². The summed E-state index contributed by atoms with van der Waals surface area (Å²) in [5, 5.41) is 14.1. The molecule has 0 amide bonds. The standard InChI is InChI=1S/C7H6ClN3O3/c1-10(9-12)7-3-2-5(11(13)14)4-6(7)8/h2-4H,1H3. The smallest absolute Gasteiger partial charge is 0.258 e. The number of hydrogen-bond acceptors (Lipinski definition) is 4. The zero-order valence-corrected chi connectivity index (χ0v) is 7.93. The van der Waals surface area contributed by atoms with E-state index in [1.54, 1.807) is 0 Å². The Morgan fingerprint density at radius 2 is 2.21 bits per heavy atom. The SMILES string of the molecule is CN(N=O)c1ccc([N+](=O)[O-])cc1Cl. The van der Waals surface area contributed by atoms with E-state index in [-0.39, 0.29) is 10.7 Å². The Hall–Kier alpha value is -1.69. The summed E-state index contributed by atoms with van der Waals surface area (Å²) in [7, 11) is 1.40. The van der Waals surface area contributed by atoms with Gasteiger partial charge in [-0.1, -0.05) is 11.6 Å². The summed E-state index contributed by atoms with van der Waals surface area (Å²) < 4.78 is 0. The van der Waals surface area contributed by atoms with E-state index in [1.165, 1.54) is 25.2 Å². The van der Waals surface area contributed by atoms with E-state index in [9.17, 15) is 15.0 Å². The summed E-state index contributed by atoms with van der Waals surface area (Å²) in [5.41, 5.74) is 0.199. The molecule has 0 atom stereocenters. The van der Waals surface area contributed by atoms with Gasteiger partial charge in [0.15, 0.2) is 0 Å². The molecule has 1 rings (SSSR count). The van der Waals surface area contributed by atoms with E-state index in [0.29, 0.717) is 5.69 Å². The Morgan fingerprint density at radius 1 is 1.57 bits per heavy atom. The maximum atomic E-state index is 10.4. The van der Waals surface area contributed by atoms with E-state index in [2.05, 4.69) is 5.29 Å². The highest BCUT2D eigenvalue weighted by atomic mass is 35.5. The molecule has 0 aliphatic rings. The maximum absolute atomic E-state index is 10.4. The van der Waals surface area contributed by atoms with Gasteiger partial charge >= 0.3 is 0 Å². The van der Waals surface area contributed by atoms with Crippen LogP contribution in [0.2, 0.25) is 5.02 Å². The molecule has 6 nitrogen and oxygen atoms in total. The average molecular weight is 216 g/mol. The van der Waals surface area contributed by atoms with Crippen LogP contribution in [0.1, 0.15) is 0 Å². The fourth-order valence-electron chi connectivity index (χ4n) is 0.916. The van der Waals surface area contributed by atoms with Crippen molar-refractivity contribution in [2.24, 2.45) is 5.29 Å². The number of nitro groups is 1. The van der Waals surface area contributed by atoms with Gasteiger partial charge in [0.05, 0.1) is 20.9 Å². The molecule has 0 N–H and O–H groups in total. The minimum atomic E-state index is -0.565. The normalized spacial score (nSPS) is 9.57. The molecule has 14 heavy (non-hydrogen) atoms. The van der Waals surface area contributed by atoms with Gasteiger partial charge in [-0.05, 0) is 6.07 Å².